The predicted molar refractivity (Wildman–Crippen MR) is 73.0 cm³/mol. The lowest BCUT2D eigenvalue weighted by molar-refractivity contribution is -0.138. The third kappa shape index (κ3) is 4.06. The molecule has 5 heteroatoms. The summed E-state index contributed by atoms with van der Waals surface area (Å²) in [6.07, 6.45) is 0. The van der Waals surface area contributed by atoms with Gasteiger partial charge >= 0.3 is 5.97 Å². The number of amides is 1. The first kappa shape index (κ1) is 15.2. The Balaban J connectivity index is 2.72. The van der Waals surface area contributed by atoms with Crippen LogP contribution in [-0.4, -0.2) is 36.1 Å². The molecule has 0 aliphatic heterocycles. The van der Waals surface area contributed by atoms with Crippen LogP contribution < -0.4 is 10.6 Å². The highest BCUT2D eigenvalue weighted by Gasteiger charge is 2.27. The number of rotatable bonds is 6. The Labute approximate surface area is 113 Å². The Morgan fingerprint density at radius 2 is 1.84 bits per heavy atom. The molecule has 0 bridgehead atoms. The van der Waals surface area contributed by atoms with Crippen molar-refractivity contribution in [2.24, 2.45) is 0 Å². The van der Waals surface area contributed by atoms with E-state index < -0.39 is 17.4 Å². The van der Waals surface area contributed by atoms with Gasteiger partial charge in [-0.3, -0.25) is 9.59 Å². The zero-order chi connectivity index (χ0) is 14.5. The lowest BCUT2D eigenvalue weighted by Crippen LogP contribution is -2.52. The number of nitrogens with one attached hydrogen (secondary N) is 2. The van der Waals surface area contributed by atoms with Crippen LogP contribution in [0.1, 0.15) is 25.3 Å². The molecule has 0 saturated carbocycles. The number of aliphatic carboxylic acids is 1. The number of carbonyl (C=O) groups is 2. The second-order valence-electron chi connectivity index (χ2n) is 4.89. The Kier molecular flexibility index (Phi) is 5.06. The van der Waals surface area contributed by atoms with Gasteiger partial charge in [0.1, 0.15) is 0 Å². The lowest BCUT2D eigenvalue weighted by Gasteiger charge is -2.24. The predicted octanol–water partition coefficient (Wildman–Crippen LogP) is 0.969. The Hall–Kier alpha value is -1.88. The van der Waals surface area contributed by atoms with E-state index in [0.717, 1.165) is 0 Å². The number of likely N-dealkylation sites (N-methyl/N-ethyl adjacent to an activating group) is 1. The number of hydrogen-bond acceptors (Lipinski definition) is 3. The highest BCUT2D eigenvalue weighted by atomic mass is 16.4. The normalized spacial score (nSPS) is 12.8. The van der Waals surface area contributed by atoms with Gasteiger partial charge in [-0.2, -0.15) is 0 Å². The van der Waals surface area contributed by atoms with Crippen molar-refractivity contribution in [2.45, 2.75) is 25.3 Å². The molecule has 0 spiro atoms. The molecule has 0 aliphatic rings. The molecule has 1 aromatic carbocycles. The van der Waals surface area contributed by atoms with E-state index in [-0.39, 0.29) is 12.5 Å². The number of carboxylic acids is 1. The van der Waals surface area contributed by atoms with Gasteiger partial charge in [0.05, 0.1) is 11.5 Å². The molecule has 1 rings (SSSR count). The molecule has 19 heavy (non-hydrogen) atoms. The van der Waals surface area contributed by atoms with Crippen molar-refractivity contribution < 1.29 is 14.7 Å². The zero-order valence-electron chi connectivity index (χ0n) is 11.4. The van der Waals surface area contributed by atoms with Gasteiger partial charge in [-0.25, -0.2) is 0 Å². The van der Waals surface area contributed by atoms with Crippen molar-refractivity contribution >= 4 is 11.9 Å². The van der Waals surface area contributed by atoms with Crippen molar-refractivity contribution in [3.05, 3.63) is 35.9 Å². The smallest absolute Gasteiger partial charge is 0.312 e. The maximum absolute atomic E-state index is 11.9. The Morgan fingerprint density at radius 3 is 2.32 bits per heavy atom. The van der Waals surface area contributed by atoms with Gasteiger partial charge in [-0.15, -0.1) is 0 Å². The van der Waals surface area contributed by atoms with E-state index >= 15 is 0 Å². The minimum absolute atomic E-state index is 0.0727. The van der Waals surface area contributed by atoms with Crippen molar-refractivity contribution in [1.29, 1.82) is 0 Å². The summed E-state index contributed by atoms with van der Waals surface area (Å²) in [7, 11) is 1.69. The standard InChI is InChI=1S/C14H20N2O3/c1-14(2,15-3)13(19)16-9-11(12(17)18)10-7-5-4-6-8-10/h4-8,11,15H,9H2,1-3H3,(H,16,19)(H,17,18). The second-order valence-corrected chi connectivity index (χ2v) is 4.89. The van der Waals surface area contributed by atoms with Crippen LogP contribution in [0.15, 0.2) is 30.3 Å². The highest BCUT2D eigenvalue weighted by Crippen LogP contribution is 2.15. The molecule has 1 unspecified atom stereocenters. The zero-order valence-corrected chi connectivity index (χ0v) is 11.4. The summed E-state index contributed by atoms with van der Waals surface area (Å²) in [4.78, 5) is 23.2. The third-order valence-electron chi connectivity index (χ3n) is 3.16. The molecular formula is C14H20N2O3. The summed E-state index contributed by atoms with van der Waals surface area (Å²) in [5.41, 5.74) is -0.0442. The quantitative estimate of drug-likeness (QED) is 0.715. The van der Waals surface area contributed by atoms with E-state index in [1.807, 2.05) is 6.07 Å². The fourth-order valence-corrected chi connectivity index (χ4v) is 1.56. The summed E-state index contributed by atoms with van der Waals surface area (Å²) < 4.78 is 0. The van der Waals surface area contributed by atoms with Gasteiger partial charge < -0.3 is 15.7 Å². The molecule has 1 aromatic rings. The summed E-state index contributed by atoms with van der Waals surface area (Å²) in [5.74, 6) is -1.91. The van der Waals surface area contributed by atoms with Crippen LogP contribution >= 0.6 is 0 Å². The molecule has 0 fully saturated rings. The number of carbonyl (C=O) groups excluding carboxylic acids is 1. The summed E-state index contributed by atoms with van der Waals surface area (Å²) in [6, 6.07) is 8.88. The molecule has 0 radical (unpaired) electrons. The van der Waals surface area contributed by atoms with E-state index in [9.17, 15) is 14.7 Å². The molecule has 0 saturated heterocycles. The monoisotopic (exact) mass is 264 g/mol. The van der Waals surface area contributed by atoms with Gasteiger partial charge in [-0.05, 0) is 26.5 Å². The van der Waals surface area contributed by atoms with Crippen LogP contribution in [0, 0.1) is 0 Å². The molecule has 104 valence electrons. The molecule has 1 atom stereocenters. The Morgan fingerprint density at radius 1 is 1.26 bits per heavy atom. The molecular weight excluding hydrogens is 244 g/mol. The molecule has 5 nitrogen and oxygen atoms in total. The van der Waals surface area contributed by atoms with Crippen LogP contribution in [0.4, 0.5) is 0 Å². The topological polar surface area (TPSA) is 78.4 Å². The maximum Gasteiger partial charge on any atom is 0.312 e. The van der Waals surface area contributed by atoms with Crippen LogP contribution in [0.2, 0.25) is 0 Å². The van der Waals surface area contributed by atoms with Crippen LogP contribution in [-0.2, 0) is 9.59 Å². The van der Waals surface area contributed by atoms with Crippen molar-refractivity contribution in [2.75, 3.05) is 13.6 Å². The highest BCUT2D eigenvalue weighted by molar-refractivity contribution is 5.86. The average molecular weight is 264 g/mol. The van der Waals surface area contributed by atoms with Gasteiger partial charge in [-0.1, -0.05) is 30.3 Å². The van der Waals surface area contributed by atoms with E-state index in [0.29, 0.717) is 5.56 Å². The third-order valence-corrected chi connectivity index (χ3v) is 3.16. The second kappa shape index (κ2) is 6.33. The van der Waals surface area contributed by atoms with Gasteiger partial charge in [0.2, 0.25) is 5.91 Å². The van der Waals surface area contributed by atoms with E-state index in [1.54, 1.807) is 45.2 Å². The summed E-state index contributed by atoms with van der Waals surface area (Å²) in [5, 5.41) is 14.8. The number of carboxylic acid groups (broad SMARTS) is 1. The van der Waals surface area contributed by atoms with Crippen LogP contribution in [0.25, 0.3) is 0 Å². The fourth-order valence-electron chi connectivity index (χ4n) is 1.56. The minimum Gasteiger partial charge on any atom is -0.481 e. The first-order valence-corrected chi connectivity index (χ1v) is 6.13. The van der Waals surface area contributed by atoms with E-state index in [4.69, 9.17) is 0 Å². The van der Waals surface area contributed by atoms with Crippen molar-refractivity contribution in [1.82, 2.24) is 10.6 Å². The largest absolute Gasteiger partial charge is 0.481 e. The van der Waals surface area contributed by atoms with Crippen LogP contribution in [0.3, 0.4) is 0 Å². The number of hydrogen-bond donors (Lipinski definition) is 3. The molecule has 0 aliphatic carbocycles. The van der Waals surface area contributed by atoms with Crippen LogP contribution in [0.5, 0.6) is 0 Å². The van der Waals surface area contributed by atoms with E-state index in [1.165, 1.54) is 0 Å². The van der Waals surface area contributed by atoms with Crippen molar-refractivity contribution in [3.63, 3.8) is 0 Å². The molecule has 0 heterocycles. The first-order chi connectivity index (χ1) is 8.88. The Bertz CT molecular complexity index is 443. The molecule has 0 aromatic heterocycles. The first-order valence-electron chi connectivity index (χ1n) is 6.13. The minimum atomic E-state index is -0.950. The maximum atomic E-state index is 11.9. The van der Waals surface area contributed by atoms with Gasteiger partial charge in [0.15, 0.2) is 0 Å². The molecule has 1 amide bonds. The summed E-state index contributed by atoms with van der Waals surface area (Å²) >= 11 is 0. The van der Waals surface area contributed by atoms with Gasteiger partial charge in [0, 0.05) is 6.54 Å². The average Bonchev–Trinajstić information content (AvgIpc) is 2.39. The van der Waals surface area contributed by atoms with Crippen molar-refractivity contribution in [3.8, 4) is 0 Å². The number of benzene rings is 1. The SMILES string of the molecule is CNC(C)(C)C(=O)NCC(C(=O)O)c1ccccc1. The van der Waals surface area contributed by atoms with Gasteiger partial charge in [0.25, 0.3) is 0 Å². The fraction of sp³-hybridized carbons (Fsp3) is 0.429. The van der Waals surface area contributed by atoms with E-state index in [2.05, 4.69) is 10.6 Å². The lowest BCUT2D eigenvalue weighted by atomic mass is 9.98. The summed E-state index contributed by atoms with van der Waals surface area (Å²) in [6.45, 7) is 3.55. The molecule has 3 N–H and O–H groups in total.